The fraction of sp³-hybridized carbons (Fsp3) is 0.485. The molecule has 2 aromatic carbocycles. The Morgan fingerprint density at radius 2 is 1.47 bits per heavy atom. The quantitative estimate of drug-likeness (QED) is 0.434. The van der Waals surface area contributed by atoms with Crippen LogP contribution >= 0.6 is 0 Å². The molecule has 1 atom stereocenters. The summed E-state index contributed by atoms with van der Waals surface area (Å²) in [6, 6.07) is 7.42. The Kier molecular flexibility index (Phi) is 9.24. The minimum Gasteiger partial charge on any atom is -1.00 e. The van der Waals surface area contributed by atoms with E-state index in [2.05, 4.69) is 85.7 Å². The van der Waals surface area contributed by atoms with Crippen molar-refractivity contribution in [3.05, 3.63) is 72.6 Å². The molecule has 192 valence electrons. The third-order valence-electron chi connectivity index (χ3n) is 9.26. The van der Waals surface area contributed by atoms with E-state index < -0.39 is 21.3 Å². The maximum absolute atomic E-state index is 2.72. The topological polar surface area (TPSA) is 0 Å². The Morgan fingerprint density at radius 1 is 0.861 bits per heavy atom. The van der Waals surface area contributed by atoms with Gasteiger partial charge in [0.25, 0.3) is 0 Å². The maximum Gasteiger partial charge on any atom is -1.00 e. The van der Waals surface area contributed by atoms with Gasteiger partial charge < -0.3 is 24.8 Å². The van der Waals surface area contributed by atoms with Crippen molar-refractivity contribution < 1.29 is 46.1 Å². The first kappa shape index (κ1) is 29.8. The summed E-state index contributed by atoms with van der Waals surface area (Å²) in [5.41, 5.74) is 14.2. The molecule has 0 aliphatic heterocycles. The molecule has 1 fully saturated rings. The molecule has 3 heteroatoms. The van der Waals surface area contributed by atoms with Gasteiger partial charge in [-0.05, 0) is 0 Å². The average molecular weight is 601 g/mol. The molecule has 0 amide bonds. The SMILES string of the molecule is C[C](C)=[Zr+2]([C]1=CC(C2(C)CCCCC2)=CC1C)[c]1c(C)c(C)cc2c1Cc1cc(C)c(C)cc1-2.[Cl-].[Cl-]. The van der Waals surface area contributed by atoms with E-state index in [0.29, 0.717) is 11.3 Å². The monoisotopic (exact) mass is 598 g/mol. The molecule has 0 heterocycles. The van der Waals surface area contributed by atoms with Crippen LogP contribution in [-0.4, -0.2) is 3.21 Å². The van der Waals surface area contributed by atoms with Crippen molar-refractivity contribution in [3.63, 3.8) is 0 Å². The van der Waals surface area contributed by atoms with Gasteiger partial charge in [-0.25, -0.2) is 0 Å². The average Bonchev–Trinajstić information content (AvgIpc) is 3.33. The van der Waals surface area contributed by atoms with Crippen molar-refractivity contribution >= 4 is 6.48 Å². The van der Waals surface area contributed by atoms with E-state index in [1.807, 2.05) is 3.28 Å². The first-order valence-electron chi connectivity index (χ1n) is 13.5. The number of rotatable bonds is 3. The molecule has 0 spiro atoms. The van der Waals surface area contributed by atoms with E-state index in [4.69, 9.17) is 0 Å². The van der Waals surface area contributed by atoms with Crippen molar-refractivity contribution in [2.75, 3.05) is 0 Å². The summed E-state index contributed by atoms with van der Waals surface area (Å²) < 4.78 is 5.34. The number of halogens is 2. The Labute approximate surface area is 240 Å². The van der Waals surface area contributed by atoms with E-state index in [1.165, 1.54) is 59.9 Å². The van der Waals surface area contributed by atoms with Crippen LogP contribution in [0.2, 0.25) is 0 Å². The number of fused-ring (bicyclic) bond motifs is 3. The third-order valence-corrected chi connectivity index (χ3v) is 17.5. The Balaban J connectivity index is 0.00000180. The van der Waals surface area contributed by atoms with Crippen molar-refractivity contribution in [3.8, 4) is 11.1 Å². The molecular weight excluding hydrogens is 558 g/mol. The molecular formula is C33H42Cl2Zr. The zero-order chi connectivity index (χ0) is 24.4. The van der Waals surface area contributed by atoms with Gasteiger partial charge in [0.15, 0.2) is 0 Å². The predicted molar refractivity (Wildman–Crippen MR) is 146 cm³/mol. The van der Waals surface area contributed by atoms with Crippen LogP contribution < -0.4 is 28.1 Å². The van der Waals surface area contributed by atoms with Gasteiger partial charge in [-0.2, -0.15) is 0 Å². The Hall–Kier alpha value is -0.747. The smallest absolute Gasteiger partial charge is 1.00 e. The Bertz CT molecular complexity index is 1280. The molecule has 0 bridgehead atoms. The second-order valence-electron chi connectivity index (χ2n) is 12.0. The standard InChI is InChI=1S/C17H17.C13H19.C3H6.2ClH.Zr/c1-10-5-14-9-15-6-11(2)13(4)8-17(15)16(14)7-12(10)3;1-11-6-7-12(10-11)13(2)8-4-3-5-9-13;1-3-2;;;/h5,7-8H,9H2,1-4H3;7,10-11H,3-5,8-9H2,1-2H3;1-2H3;2*1H;/q;;;;;+2/p-2. The van der Waals surface area contributed by atoms with Crippen LogP contribution in [0.15, 0.2) is 39.2 Å². The van der Waals surface area contributed by atoms with Crippen molar-refractivity contribution in [2.24, 2.45) is 11.3 Å². The molecule has 3 aliphatic rings. The van der Waals surface area contributed by atoms with Crippen LogP contribution in [0.4, 0.5) is 0 Å². The summed E-state index contributed by atoms with van der Waals surface area (Å²) in [6.45, 7) is 19.2. The molecule has 36 heavy (non-hydrogen) atoms. The zero-order valence-corrected chi connectivity index (χ0v) is 27.4. The van der Waals surface area contributed by atoms with Gasteiger partial charge in [0.1, 0.15) is 0 Å². The predicted octanol–water partition coefficient (Wildman–Crippen LogP) is 2.39. The van der Waals surface area contributed by atoms with Gasteiger partial charge in [0.05, 0.1) is 0 Å². The van der Waals surface area contributed by atoms with Crippen molar-refractivity contribution in [1.82, 2.24) is 0 Å². The summed E-state index contributed by atoms with van der Waals surface area (Å²) in [5, 5.41) is 0. The first-order valence-corrected chi connectivity index (χ1v) is 17.1. The number of hydrogen-bond acceptors (Lipinski definition) is 0. The van der Waals surface area contributed by atoms with E-state index in [0.717, 1.165) is 6.42 Å². The molecule has 1 unspecified atom stereocenters. The van der Waals surface area contributed by atoms with E-state index in [1.54, 1.807) is 28.7 Å². The van der Waals surface area contributed by atoms with E-state index >= 15 is 0 Å². The number of benzene rings is 2. The van der Waals surface area contributed by atoms with Crippen molar-refractivity contribution in [2.45, 2.75) is 93.9 Å². The second-order valence-corrected chi connectivity index (χ2v) is 18.9. The summed E-state index contributed by atoms with van der Waals surface area (Å²) in [4.78, 5) is 0. The molecule has 0 nitrogen and oxygen atoms in total. The number of aryl methyl sites for hydroxylation is 3. The van der Waals surface area contributed by atoms with Gasteiger partial charge in [0, 0.05) is 0 Å². The van der Waals surface area contributed by atoms with Gasteiger partial charge >= 0.3 is 217 Å². The molecule has 5 rings (SSSR count). The van der Waals surface area contributed by atoms with Gasteiger partial charge in [-0.1, -0.05) is 0 Å². The zero-order valence-electron chi connectivity index (χ0n) is 23.5. The molecule has 0 aromatic heterocycles. The third kappa shape index (κ3) is 4.99. The van der Waals surface area contributed by atoms with Crippen LogP contribution in [0.3, 0.4) is 0 Å². The van der Waals surface area contributed by atoms with Crippen LogP contribution in [0.25, 0.3) is 11.1 Å². The molecule has 3 aliphatic carbocycles. The van der Waals surface area contributed by atoms with Crippen LogP contribution in [0.5, 0.6) is 0 Å². The number of hydrogen-bond donors (Lipinski definition) is 0. The van der Waals surface area contributed by atoms with Crippen LogP contribution in [0, 0.1) is 39.0 Å². The van der Waals surface area contributed by atoms with Crippen LogP contribution in [-0.2, 0) is 27.7 Å². The van der Waals surface area contributed by atoms with E-state index in [9.17, 15) is 0 Å². The van der Waals surface area contributed by atoms with Gasteiger partial charge in [-0.15, -0.1) is 0 Å². The van der Waals surface area contributed by atoms with Crippen molar-refractivity contribution in [1.29, 1.82) is 0 Å². The molecule has 0 N–H and O–H groups in total. The van der Waals surface area contributed by atoms with E-state index in [-0.39, 0.29) is 24.8 Å². The molecule has 0 radical (unpaired) electrons. The fourth-order valence-electron chi connectivity index (χ4n) is 6.88. The summed E-state index contributed by atoms with van der Waals surface area (Å²) in [7, 11) is 0. The summed E-state index contributed by atoms with van der Waals surface area (Å²) in [6.07, 6.45) is 13.5. The number of allylic oxidation sites excluding steroid dienone is 4. The normalized spacial score (nSPS) is 19.1. The second kappa shape index (κ2) is 11.2. The minimum absolute atomic E-state index is 0. The molecule has 0 saturated heterocycles. The maximum atomic E-state index is 2.72. The van der Waals surface area contributed by atoms with Crippen LogP contribution in [0.1, 0.15) is 93.2 Å². The summed E-state index contributed by atoms with van der Waals surface area (Å²) in [5.74, 6) is 0.599. The molecule has 1 saturated carbocycles. The van der Waals surface area contributed by atoms with Gasteiger partial charge in [-0.3, -0.25) is 0 Å². The molecule has 2 aromatic rings. The summed E-state index contributed by atoms with van der Waals surface area (Å²) >= 11 is -2.21. The first-order chi connectivity index (χ1) is 16.1. The Morgan fingerprint density at radius 3 is 2.11 bits per heavy atom. The fourth-order valence-corrected chi connectivity index (χ4v) is 15.0. The van der Waals surface area contributed by atoms with Gasteiger partial charge in [0.2, 0.25) is 0 Å². The largest absolute Gasteiger partial charge is 1.00 e. The minimum atomic E-state index is -2.21.